The van der Waals surface area contributed by atoms with Crippen LogP contribution in [0.3, 0.4) is 0 Å². The number of para-hydroxylation sites is 1. The highest BCUT2D eigenvalue weighted by Gasteiger charge is 2.20. The Morgan fingerprint density at radius 1 is 0.913 bits per heavy atom. The van der Waals surface area contributed by atoms with Gasteiger partial charge in [-0.05, 0) is 37.5 Å². The lowest BCUT2D eigenvalue weighted by atomic mass is 9.85. The summed E-state index contributed by atoms with van der Waals surface area (Å²) in [6.07, 6.45) is 5.09. The Hall–Kier alpha value is -2.02. The maximum Gasteiger partial charge on any atom is 0.0459 e. The summed E-state index contributed by atoms with van der Waals surface area (Å²) >= 11 is 0. The fourth-order valence-electron chi connectivity index (χ4n) is 3.62. The van der Waals surface area contributed by atoms with Crippen molar-refractivity contribution in [3.63, 3.8) is 0 Å². The van der Waals surface area contributed by atoms with Crippen molar-refractivity contribution in [2.24, 2.45) is 0 Å². The molecule has 0 aliphatic carbocycles. The van der Waals surface area contributed by atoms with Crippen LogP contribution >= 0.6 is 0 Å². The van der Waals surface area contributed by atoms with E-state index in [9.17, 15) is 0 Å². The number of nitrogens with one attached hydrogen (secondary N) is 1. The van der Waals surface area contributed by atoms with Gasteiger partial charge in [-0.2, -0.15) is 0 Å². The monoisotopic (exact) mass is 305 g/mol. The van der Waals surface area contributed by atoms with Crippen molar-refractivity contribution < 1.29 is 0 Å². The van der Waals surface area contributed by atoms with E-state index in [1.165, 1.54) is 59.0 Å². The van der Waals surface area contributed by atoms with Gasteiger partial charge in [-0.15, -0.1) is 0 Å². The van der Waals surface area contributed by atoms with Crippen LogP contribution in [0.5, 0.6) is 0 Å². The minimum Gasteiger partial charge on any atom is -0.358 e. The summed E-state index contributed by atoms with van der Waals surface area (Å²) in [5.41, 5.74) is 6.83. The molecule has 0 radical (unpaired) electrons. The molecule has 2 aromatic carbocycles. The summed E-state index contributed by atoms with van der Waals surface area (Å²) in [6, 6.07) is 17.8. The van der Waals surface area contributed by atoms with E-state index in [-0.39, 0.29) is 0 Å². The number of fused-ring (bicyclic) bond motifs is 1. The molecule has 0 saturated carbocycles. The Kier molecular flexibility index (Phi) is 4.85. The molecule has 1 aromatic heterocycles. The van der Waals surface area contributed by atoms with Crippen LogP contribution in [-0.4, -0.2) is 4.98 Å². The molecule has 120 valence electrons. The van der Waals surface area contributed by atoms with Crippen LogP contribution in [-0.2, 0) is 0 Å². The van der Waals surface area contributed by atoms with Crippen molar-refractivity contribution in [3.8, 4) is 0 Å². The van der Waals surface area contributed by atoms with E-state index in [0.717, 1.165) is 0 Å². The van der Waals surface area contributed by atoms with Gasteiger partial charge in [0, 0.05) is 22.5 Å². The number of unbranched alkanes of at least 4 members (excludes halogenated alkanes) is 2. The molecule has 0 aliphatic rings. The van der Waals surface area contributed by atoms with E-state index in [1.54, 1.807) is 0 Å². The second kappa shape index (κ2) is 7.04. The maximum absolute atomic E-state index is 3.58. The highest BCUT2D eigenvalue weighted by Crippen LogP contribution is 2.37. The third kappa shape index (κ3) is 3.34. The molecular weight excluding hydrogens is 278 g/mol. The van der Waals surface area contributed by atoms with E-state index < -0.39 is 0 Å². The molecule has 3 rings (SSSR count). The van der Waals surface area contributed by atoms with Gasteiger partial charge < -0.3 is 4.98 Å². The molecule has 1 N–H and O–H groups in total. The summed E-state index contributed by atoms with van der Waals surface area (Å²) < 4.78 is 0. The first-order valence-electron chi connectivity index (χ1n) is 8.84. The van der Waals surface area contributed by atoms with E-state index in [2.05, 4.69) is 74.3 Å². The molecule has 0 saturated heterocycles. The molecule has 0 amide bonds. The number of rotatable bonds is 6. The zero-order valence-electron chi connectivity index (χ0n) is 14.5. The van der Waals surface area contributed by atoms with Crippen LogP contribution in [0.15, 0.2) is 48.5 Å². The number of aryl methyl sites for hydroxylation is 2. The fraction of sp³-hybridized carbons (Fsp3) is 0.364. The van der Waals surface area contributed by atoms with E-state index in [1.807, 2.05) is 0 Å². The SMILES string of the molecule is CCCCCC(c1ccc(C)cc1)c1c(C)[nH]c2ccccc12. The smallest absolute Gasteiger partial charge is 0.0459 e. The first kappa shape index (κ1) is 15.9. The Morgan fingerprint density at radius 2 is 1.65 bits per heavy atom. The molecule has 0 spiro atoms. The number of H-pyrrole nitrogens is 1. The highest BCUT2D eigenvalue weighted by molar-refractivity contribution is 5.85. The Morgan fingerprint density at radius 3 is 2.39 bits per heavy atom. The molecule has 1 heterocycles. The molecule has 0 aliphatic heterocycles. The van der Waals surface area contributed by atoms with Gasteiger partial charge in [0.05, 0.1) is 0 Å². The number of aromatic nitrogens is 1. The van der Waals surface area contributed by atoms with Crippen molar-refractivity contribution >= 4 is 10.9 Å². The van der Waals surface area contributed by atoms with E-state index >= 15 is 0 Å². The molecule has 3 aromatic rings. The van der Waals surface area contributed by atoms with Crippen LogP contribution in [0.1, 0.15) is 60.9 Å². The van der Waals surface area contributed by atoms with Crippen LogP contribution in [0.2, 0.25) is 0 Å². The van der Waals surface area contributed by atoms with Gasteiger partial charge >= 0.3 is 0 Å². The van der Waals surface area contributed by atoms with Crippen LogP contribution < -0.4 is 0 Å². The second-order valence-corrected chi connectivity index (χ2v) is 6.67. The van der Waals surface area contributed by atoms with Crippen molar-refractivity contribution in [1.29, 1.82) is 0 Å². The van der Waals surface area contributed by atoms with Gasteiger partial charge in [0.1, 0.15) is 0 Å². The first-order chi connectivity index (χ1) is 11.2. The Labute approximate surface area is 139 Å². The third-order valence-corrected chi connectivity index (χ3v) is 4.87. The first-order valence-corrected chi connectivity index (χ1v) is 8.84. The minimum atomic E-state index is 0.485. The summed E-state index contributed by atoms with van der Waals surface area (Å²) in [5.74, 6) is 0.485. The quantitative estimate of drug-likeness (QED) is 0.500. The second-order valence-electron chi connectivity index (χ2n) is 6.67. The largest absolute Gasteiger partial charge is 0.358 e. The van der Waals surface area contributed by atoms with Crippen molar-refractivity contribution in [3.05, 3.63) is 70.9 Å². The van der Waals surface area contributed by atoms with Crippen molar-refractivity contribution in [2.45, 2.75) is 52.4 Å². The third-order valence-electron chi connectivity index (χ3n) is 4.87. The summed E-state index contributed by atoms with van der Waals surface area (Å²) in [7, 11) is 0. The standard InChI is InChI=1S/C22H27N/c1-4-5-6-9-19(18-14-12-16(2)13-15-18)22-17(3)23-21-11-8-7-10-20(21)22/h7-8,10-15,19,23H,4-6,9H2,1-3H3. The Balaban J connectivity index is 2.05. The van der Waals surface area contributed by atoms with Gasteiger partial charge in [-0.3, -0.25) is 0 Å². The van der Waals surface area contributed by atoms with Gasteiger partial charge in [-0.25, -0.2) is 0 Å². The van der Waals surface area contributed by atoms with Gasteiger partial charge in [0.2, 0.25) is 0 Å². The number of hydrogen-bond acceptors (Lipinski definition) is 0. The molecule has 23 heavy (non-hydrogen) atoms. The topological polar surface area (TPSA) is 15.8 Å². The van der Waals surface area contributed by atoms with Crippen LogP contribution in [0.4, 0.5) is 0 Å². The number of aromatic amines is 1. The van der Waals surface area contributed by atoms with Crippen LogP contribution in [0, 0.1) is 13.8 Å². The Bertz CT molecular complexity index is 764. The molecular formula is C22H27N. The number of benzene rings is 2. The zero-order valence-corrected chi connectivity index (χ0v) is 14.5. The lowest BCUT2D eigenvalue weighted by Gasteiger charge is -2.19. The minimum absolute atomic E-state index is 0.485. The zero-order chi connectivity index (χ0) is 16.2. The van der Waals surface area contributed by atoms with Crippen LogP contribution in [0.25, 0.3) is 10.9 Å². The normalized spacial score (nSPS) is 12.7. The molecule has 1 nitrogen and oxygen atoms in total. The van der Waals surface area contributed by atoms with Crippen molar-refractivity contribution in [1.82, 2.24) is 4.98 Å². The predicted octanol–water partition coefficient (Wildman–Crippen LogP) is 6.50. The number of hydrogen-bond donors (Lipinski definition) is 1. The lowest BCUT2D eigenvalue weighted by Crippen LogP contribution is -2.03. The molecule has 1 atom stereocenters. The summed E-state index contributed by atoms with van der Waals surface area (Å²) in [5, 5.41) is 1.38. The van der Waals surface area contributed by atoms with Gasteiger partial charge in [0.15, 0.2) is 0 Å². The molecule has 1 heteroatoms. The van der Waals surface area contributed by atoms with Crippen molar-refractivity contribution in [2.75, 3.05) is 0 Å². The predicted molar refractivity (Wildman–Crippen MR) is 100 cm³/mol. The molecule has 1 unspecified atom stereocenters. The van der Waals surface area contributed by atoms with E-state index in [0.29, 0.717) is 5.92 Å². The van der Waals surface area contributed by atoms with E-state index in [4.69, 9.17) is 0 Å². The summed E-state index contributed by atoms with van der Waals surface area (Å²) in [4.78, 5) is 3.58. The average molecular weight is 305 g/mol. The lowest BCUT2D eigenvalue weighted by molar-refractivity contribution is 0.619. The van der Waals surface area contributed by atoms with Gasteiger partial charge in [0.25, 0.3) is 0 Å². The maximum atomic E-state index is 3.58. The average Bonchev–Trinajstić information content (AvgIpc) is 2.89. The highest BCUT2D eigenvalue weighted by atomic mass is 14.7. The fourth-order valence-corrected chi connectivity index (χ4v) is 3.62. The molecule has 0 fully saturated rings. The molecule has 0 bridgehead atoms. The van der Waals surface area contributed by atoms with Gasteiger partial charge in [-0.1, -0.05) is 74.2 Å². The summed E-state index contributed by atoms with van der Waals surface area (Å²) in [6.45, 7) is 6.65.